The summed E-state index contributed by atoms with van der Waals surface area (Å²) in [5.74, 6) is 0.596. The minimum atomic E-state index is -0.966. The fourth-order valence-electron chi connectivity index (χ4n) is 2.31. The smallest absolute Gasteiger partial charge is 0.0568 e. The Morgan fingerprint density at radius 1 is 1.00 bits per heavy atom. The van der Waals surface area contributed by atoms with Crippen molar-refractivity contribution in [2.24, 2.45) is 0 Å². The highest BCUT2D eigenvalue weighted by atomic mass is 32.2. The van der Waals surface area contributed by atoms with Crippen LogP contribution in [0.2, 0.25) is 0 Å². The van der Waals surface area contributed by atoms with Crippen molar-refractivity contribution in [3.8, 4) is 0 Å². The SMILES string of the molecule is CC(C)=CCC/C(C)=C/CS(=O)c1ccc2ccccc2c1. The van der Waals surface area contributed by atoms with Gasteiger partial charge in [0, 0.05) is 10.6 Å². The Bertz CT molecular complexity index is 721. The molecule has 0 aliphatic carbocycles. The lowest BCUT2D eigenvalue weighted by Crippen LogP contribution is -1.96. The highest BCUT2D eigenvalue weighted by Crippen LogP contribution is 2.18. The molecular formula is C20H24OS. The van der Waals surface area contributed by atoms with Gasteiger partial charge in [-0.2, -0.15) is 0 Å². The molecule has 22 heavy (non-hydrogen) atoms. The van der Waals surface area contributed by atoms with Gasteiger partial charge < -0.3 is 0 Å². The Balaban J connectivity index is 2.00. The third-order valence-corrected chi connectivity index (χ3v) is 4.91. The number of benzene rings is 2. The molecule has 1 nitrogen and oxygen atoms in total. The Morgan fingerprint density at radius 2 is 1.73 bits per heavy atom. The number of fused-ring (bicyclic) bond motifs is 1. The number of allylic oxidation sites excluding steroid dienone is 3. The maximum Gasteiger partial charge on any atom is 0.0568 e. The van der Waals surface area contributed by atoms with Crippen LogP contribution in [-0.2, 0) is 10.8 Å². The van der Waals surface area contributed by atoms with Gasteiger partial charge in [0.1, 0.15) is 0 Å². The van der Waals surface area contributed by atoms with Gasteiger partial charge in [-0.05, 0) is 56.5 Å². The van der Waals surface area contributed by atoms with Gasteiger partial charge in [0.05, 0.1) is 10.8 Å². The van der Waals surface area contributed by atoms with E-state index in [2.05, 4.69) is 45.1 Å². The van der Waals surface area contributed by atoms with Crippen molar-refractivity contribution in [2.45, 2.75) is 38.5 Å². The second-order valence-corrected chi connectivity index (χ2v) is 7.39. The summed E-state index contributed by atoms with van der Waals surface area (Å²) in [6.45, 7) is 6.36. The summed E-state index contributed by atoms with van der Waals surface area (Å²) >= 11 is 0. The molecule has 0 N–H and O–H groups in total. The van der Waals surface area contributed by atoms with Gasteiger partial charge >= 0.3 is 0 Å². The summed E-state index contributed by atoms with van der Waals surface area (Å²) in [6.07, 6.45) is 6.47. The molecule has 1 unspecified atom stereocenters. The van der Waals surface area contributed by atoms with E-state index >= 15 is 0 Å². The van der Waals surface area contributed by atoms with Crippen LogP contribution >= 0.6 is 0 Å². The molecule has 0 aliphatic rings. The average molecular weight is 312 g/mol. The summed E-state index contributed by atoms with van der Waals surface area (Å²) < 4.78 is 12.4. The van der Waals surface area contributed by atoms with E-state index in [-0.39, 0.29) is 0 Å². The summed E-state index contributed by atoms with van der Waals surface area (Å²) in [5, 5.41) is 2.34. The van der Waals surface area contributed by atoms with E-state index in [1.165, 1.54) is 16.5 Å². The molecule has 0 saturated heterocycles. The van der Waals surface area contributed by atoms with E-state index in [1.807, 2.05) is 30.3 Å². The molecule has 0 fully saturated rings. The normalized spacial score (nSPS) is 13.1. The molecule has 0 aromatic heterocycles. The van der Waals surface area contributed by atoms with Gasteiger partial charge in [-0.15, -0.1) is 0 Å². The lowest BCUT2D eigenvalue weighted by Gasteiger charge is -2.04. The molecule has 0 aliphatic heterocycles. The number of hydrogen-bond donors (Lipinski definition) is 0. The lowest BCUT2D eigenvalue weighted by atomic mass is 10.1. The third kappa shape index (κ3) is 4.96. The molecule has 2 heteroatoms. The predicted molar refractivity (Wildman–Crippen MR) is 97.6 cm³/mol. The van der Waals surface area contributed by atoms with Crippen molar-refractivity contribution in [1.82, 2.24) is 0 Å². The zero-order valence-corrected chi connectivity index (χ0v) is 14.5. The number of rotatable bonds is 6. The van der Waals surface area contributed by atoms with Crippen LogP contribution in [0.4, 0.5) is 0 Å². The monoisotopic (exact) mass is 312 g/mol. The molecule has 0 bridgehead atoms. The fraction of sp³-hybridized carbons (Fsp3) is 0.300. The Labute approximate surface area is 136 Å². The molecule has 0 amide bonds. The topological polar surface area (TPSA) is 17.1 Å². The van der Waals surface area contributed by atoms with Crippen molar-refractivity contribution in [2.75, 3.05) is 5.75 Å². The van der Waals surface area contributed by atoms with E-state index in [0.717, 1.165) is 23.1 Å². The van der Waals surface area contributed by atoms with Crippen LogP contribution in [-0.4, -0.2) is 9.96 Å². The summed E-state index contributed by atoms with van der Waals surface area (Å²) in [7, 11) is -0.966. The highest BCUT2D eigenvalue weighted by molar-refractivity contribution is 7.85. The van der Waals surface area contributed by atoms with E-state index in [0.29, 0.717) is 5.75 Å². The second-order valence-electron chi connectivity index (χ2n) is 5.89. The van der Waals surface area contributed by atoms with Crippen molar-refractivity contribution in [3.63, 3.8) is 0 Å². The minimum absolute atomic E-state index is 0.596. The van der Waals surface area contributed by atoms with Crippen LogP contribution < -0.4 is 0 Å². The maximum absolute atomic E-state index is 12.4. The Hall–Kier alpha value is -1.67. The maximum atomic E-state index is 12.4. The molecule has 0 spiro atoms. The molecule has 2 rings (SSSR count). The molecule has 1 atom stereocenters. The van der Waals surface area contributed by atoms with Gasteiger partial charge in [-0.3, -0.25) is 4.21 Å². The molecule has 2 aromatic rings. The van der Waals surface area contributed by atoms with Crippen LogP contribution in [0.3, 0.4) is 0 Å². The first-order valence-corrected chi connectivity index (χ1v) is 9.04. The van der Waals surface area contributed by atoms with Gasteiger partial charge in [0.25, 0.3) is 0 Å². The fourth-order valence-corrected chi connectivity index (χ4v) is 3.42. The number of hydrogen-bond acceptors (Lipinski definition) is 1. The zero-order valence-electron chi connectivity index (χ0n) is 13.6. The Morgan fingerprint density at radius 3 is 2.45 bits per heavy atom. The van der Waals surface area contributed by atoms with Gasteiger partial charge in [0.15, 0.2) is 0 Å². The van der Waals surface area contributed by atoms with Crippen molar-refractivity contribution in [3.05, 3.63) is 65.8 Å². The molecule has 0 radical (unpaired) electrons. The minimum Gasteiger partial charge on any atom is -0.254 e. The van der Waals surface area contributed by atoms with Gasteiger partial charge in [0.2, 0.25) is 0 Å². The predicted octanol–water partition coefficient (Wildman–Crippen LogP) is 5.64. The summed E-state index contributed by atoms with van der Waals surface area (Å²) in [6, 6.07) is 14.3. The molecule has 116 valence electrons. The highest BCUT2D eigenvalue weighted by Gasteiger charge is 2.03. The Kier molecular flexibility index (Phi) is 6.14. The first kappa shape index (κ1) is 16.7. The van der Waals surface area contributed by atoms with E-state index in [9.17, 15) is 4.21 Å². The van der Waals surface area contributed by atoms with Crippen LogP contribution in [0.5, 0.6) is 0 Å². The summed E-state index contributed by atoms with van der Waals surface area (Å²) in [4.78, 5) is 0.909. The van der Waals surface area contributed by atoms with Gasteiger partial charge in [-0.1, -0.05) is 53.6 Å². The molecular weight excluding hydrogens is 288 g/mol. The zero-order chi connectivity index (χ0) is 15.9. The standard InChI is InChI=1S/C20H24OS/c1-16(2)7-6-8-17(3)13-14-22(21)20-12-11-18-9-4-5-10-19(18)15-20/h4-5,7,9-13,15H,6,8,14H2,1-3H3/b17-13+. The average Bonchev–Trinajstić information content (AvgIpc) is 2.51. The van der Waals surface area contributed by atoms with Crippen molar-refractivity contribution >= 4 is 21.6 Å². The molecule has 2 aromatic carbocycles. The molecule has 0 saturated carbocycles. The van der Waals surface area contributed by atoms with Crippen LogP contribution in [0.25, 0.3) is 10.8 Å². The lowest BCUT2D eigenvalue weighted by molar-refractivity contribution is 0.685. The summed E-state index contributed by atoms with van der Waals surface area (Å²) in [5.41, 5.74) is 2.67. The second kappa shape index (κ2) is 8.09. The van der Waals surface area contributed by atoms with Crippen LogP contribution in [0, 0.1) is 0 Å². The largest absolute Gasteiger partial charge is 0.254 e. The first-order valence-electron chi connectivity index (χ1n) is 7.72. The van der Waals surface area contributed by atoms with Gasteiger partial charge in [-0.25, -0.2) is 0 Å². The molecule has 0 heterocycles. The van der Waals surface area contributed by atoms with E-state index < -0.39 is 10.8 Å². The van der Waals surface area contributed by atoms with E-state index in [1.54, 1.807) is 0 Å². The van der Waals surface area contributed by atoms with Crippen molar-refractivity contribution < 1.29 is 4.21 Å². The van der Waals surface area contributed by atoms with E-state index in [4.69, 9.17) is 0 Å². The van der Waals surface area contributed by atoms with Crippen molar-refractivity contribution in [1.29, 1.82) is 0 Å². The van der Waals surface area contributed by atoms with Crippen LogP contribution in [0.15, 0.2) is 70.7 Å². The first-order chi connectivity index (χ1) is 10.6. The third-order valence-electron chi connectivity index (χ3n) is 3.66. The quantitative estimate of drug-likeness (QED) is 0.631. The van der Waals surface area contributed by atoms with Crippen LogP contribution in [0.1, 0.15) is 33.6 Å².